The van der Waals surface area contributed by atoms with Crippen molar-refractivity contribution in [3.63, 3.8) is 0 Å². The highest BCUT2D eigenvalue weighted by Crippen LogP contribution is 2.35. The van der Waals surface area contributed by atoms with Gasteiger partial charge in [-0.3, -0.25) is 14.9 Å². The third kappa shape index (κ3) is 5.20. The lowest BCUT2D eigenvalue weighted by atomic mass is 9.98. The van der Waals surface area contributed by atoms with E-state index in [2.05, 4.69) is 66.9 Å². The van der Waals surface area contributed by atoms with Crippen molar-refractivity contribution in [1.29, 1.82) is 0 Å². The van der Waals surface area contributed by atoms with Crippen molar-refractivity contribution in [2.24, 2.45) is 5.92 Å². The summed E-state index contributed by atoms with van der Waals surface area (Å²) >= 11 is 0. The Morgan fingerprint density at radius 2 is 2.05 bits per heavy atom. The molecule has 0 bridgehead atoms. The maximum Gasteiger partial charge on any atom is 0.269 e. The molecule has 0 aliphatic heterocycles. The molecule has 6 rings (SSSR count). The molecule has 4 heterocycles. The summed E-state index contributed by atoms with van der Waals surface area (Å²) in [6.07, 6.45) is 8.20. The minimum Gasteiger partial charge on any atom is -0.361 e. The first-order chi connectivity index (χ1) is 19.0. The van der Waals surface area contributed by atoms with Crippen LogP contribution in [0.5, 0.6) is 0 Å². The first-order valence-electron chi connectivity index (χ1n) is 13.4. The summed E-state index contributed by atoms with van der Waals surface area (Å²) < 4.78 is 5.39. The number of carbonyl (C=O) groups is 1. The lowest BCUT2D eigenvalue weighted by Gasteiger charge is -2.16. The topological polar surface area (TPSA) is 137 Å². The van der Waals surface area contributed by atoms with Gasteiger partial charge < -0.3 is 20.1 Å². The maximum atomic E-state index is 13.1. The number of H-pyrrole nitrogens is 2. The van der Waals surface area contributed by atoms with E-state index in [1.807, 2.05) is 31.5 Å². The zero-order valence-electron chi connectivity index (χ0n) is 22.3. The quantitative estimate of drug-likeness (QED) is 0.211. The Kier molecular flexibility index (Phi) is 6.70. The average molecular weight is 525 g/mol. The molecule has 0 saturated heterocycles. The smallest absolute Gasteiger partial charge is 0.269 e. The fraction of sp³-hybridized carbons (Fsp3) is 0.345. The molecule has 39 heavy (non-hydrogen) atoms. The largest absolute Gasteiger partial charge is 0.361 e. The number of pyridine rings is 1. The number of rotatable bonds is 10. The summed E-state index contributed by atoms with van der Waals surface area (Å²) in [5.41, 5.74) is 7.28. The molecule has 1 aliphatic carbocycles. The van der Waals surface area contributed by atoms with E-state index in [1.54, 1.807) is 6.20 Å². The number of hydrogen-bond acceptors (Lipinski definition) is 7. The zero-order chi connectivity index (χ0) is 26.9. The molecule has 4 N–H and O–H groups in total. The van der Waals surface area contributed by atoms with Gasteiger partial charge in [-0.05, 0) is 68.0 Å². The molecule has 10 heteroatoms. The van der Waals surface area contributed by atoms with Crippen LogP contribution in [0.3, 0.4) is 0 Å². The van der Waals surface area contributed by atoms with Gasteiger partial charge in [0.2, 0.25) is 0 Å². The molecule has 1 saturated carbocycles. The van der Waals surface area contributed by atoms with E-state index in [-0.39, 0.29) is 11.9 Å². The average Bonchev–Trinajstić information content (AvgIpc) is 3.30. The second-order valence-corrected chi connectivity index (χ2v) is 10.3. The summed E-state index contributed by atoms with van der Waals surface area (Å²) in [6, 6.07) is 8.09. The van der Waals surface area contributed by atoms with Crippen molar-refractivity contribution >= 4 is 16.8 Å². The number of aryl methyl sites for hydroxylation is 1. The van der Waals surface area contributed by atoms with E-state index in [0.717, 1.165) is 59.4 Å². The van der Waals surface area contributed by atoms with Crippen LogP contribution in [0.25, 0.3) is 33.5 Å². The first kappa shape index (κ1) is 25.0. The van der Waals surface area contributed by atoms with E-state index in [0.29, 0.717) is 29.6 Å². The van der Waals surface area contributed by atoms with Gasteiger partial charge in [-0.15, -0.1) is 0 Å². The van der Waals surface area contributed by atoms with Crippen LogP contribution in [0, 0.1) is 19.8 Å². The third-order valence-electron chi connectivity index (χ3n) is 7.41. The van der Waals surface area contributed by atoms with Gasteiger partial charge in [0.15, 0.2) is 5.82 Å². The molecular formula is C29H32N8O2. The predicted molar refractivity (Wildman–Crippen MR) is 148 cm³/mol. The summed E-state index contributed by atoms with van der Waals surface area (Å²) in [5, 5.41) is 19.0. The van der Waals surface area contributed by atoms with Gasteiger partial charge in [-0.2, -0.15) is 5.10 Å². The van der Waals surface area contributed by atoms with Gasteiger partial charge in [-0.25, -0.2) is 4.98 Å². The molecule has 200 valence electrons. The first-order valence-corrected chi connectivity index (χ1v) is 13.4. The van der Waals surface area contributed by atoms with Crippen molar-refractivity contribution in [3.8, 4) is 22.6 Å². The van der Waals surface area contributed by atoms with E-state index in [1.165, 1.54) is 11.1 Å². The fourth-order valence-electron chi connectivity index (χ4n) is 5.03. The summed E-state index contributed by atoms with van der Waals surface area (Å²) in [4.78, 5) is 25.3. The second kappa shape index (κ2) is 10.5. The van der Waals surface area contributed by atoms with Crippen molar-refractivity contribution in [1.82, 2.24) is 40.9 Å². The molecule has 1 fully saturated rings. The van der Waals surface area contributed by atoms with Crippen molar-refractivity contribution in [3.05, 3.63) is 71.1 Å². The molecule has 5 aromatic rings. The number of nitrogens with one attached hydrogen (secondary N) is 4. The summed E-state index contributed by atoms with van der Waals surface area (Å²) in [6.45, 7) is 7.79. The molecule has 1 aromatic carbocycles. The van der Waals surface area contributed by atoms with E-state index in [4.69, 9.17) is 4.52 Å². The number of imidazole rings is 1. The van der Waals surface area contributed by atoms with Crippen LogP contribution in [0.1, 0.15) is 52.8 Å². The highest BCUT2D eigenvalue weighted by Gasteiger charge is 2.33. The summed E-state index contributed by atoms with van der Waals surface area (Å²) in [5.74, 6) is 1.57. The molecule has 0 radical (unpaired) electrons. The molecule has 1 aliphatic rings. The van der Waals surface area contributed by atoms with Gasteiger partial charge in [0.25, 0.3) is 5.91 Å². The fourth-order valence-corrected chi connectivity index (χ4v) is 5.03. The number of carbonyl (C=O) groups excluding carboxylic acids is 1. The van der Waals surface area contributed by atoms with Crippen LogP contribution in [-0.2, 0) is 13.0 Å². The van der Waals surface area contributed by atoms with Crippen LogP contribution < -0.4 is 10.6 Å². The lowest BCUT2D eigenvalue weighted by Crippen LogP contribution is -2.38. The Morgan fingerprint density at radius 3 is 2.82 bits per heavy atom. The molecule has 10 nitrogen and oxygen atoms in total. The zero-order valence-corrected chi connectivity index (χ0v) is 22.3. The number of benzene rings is 1. The van der Waals surface area contributed by atoms with Crippen LogP contribution in [-0.4, -0.2) is 48.8 Å². The maximum absolute atomic E-state index is 13.1. The number of nitrogens with zero attached hydrogens (tertiary/aromatic N) is 4. The highest BCUT2D eigenvalue weighted by atomic mass is 16.5. The highest BCUT2D eigenvalue weighted by molar-refractivity contribution is 5.96. The number of aromatic nitrogens is 6. The molecular weight excluding hydrogens is 492 g/mol. The van der Waals surface area contributed by atoms with Crippen LogP contribution in [0.4, 0.5) is 0 Å². The third-order valence-corrected chi connectivity index (χ3v) is 7.41. The SMILES string of the molecule is CCNCc1cncc(-c2ccc3[nH]nc(-c4ncc(C(=O)NC(Cc5cc(C)no5)C5CC5)[nH]4)c3c2)c1C. The lowest BCUT2D eigenvalue weighted by molar-refractivity contribution is 0.0926. The standard InChI is InChI=1S/C29H32N8O2/c1-4-30-12-20-13-31-14-23(17(20)3)19-7-8-24-22(10-19)27(36-35-24)28-32-15-26(33-28)29(38)34-25(18-5-6-18)11-21-9-16(2)37-39-21/h7-10,13-15,18,25,30H,4-6,11-12H2,1-3H3,(H,32,33)(H,34,38)(H,35,36). The summed E-state index contributed by atoms with van der Waals surface area (Å²) in [7, 11) is 0. The Morgan fingerprint density at radius 1 is 1.18 bits per heavy atom. The number of hydrogen-bond donors (Lipinski definition) is 4. The van der Waals surface area contributed by atoms with Crippen molar-refractivity contribution in [2.45, 2.75) is 52.6 Å². The van der Waals surface area contributed by atoms with Crippen LogP contribution in [0.15, 0.2) is 47.4 Å². The van der Waals surface area contributed by atoms with Gasteiger partial charge in [0, 0.05) is 48.4 Å². The van der Waals surface area contributed by atoms with E-state index >= 15 is 0 Å². The van der Waals surface area contributed by atoms with Crippen molar-refractivity contribution < 1.29 is 9.32 Å². The van der Waals surface area contributed by atoms with Crippen molar-refractivity contribution in [2.75, 3.05) is 6.54 Å². The molecule has 1 atom stereocenters. The number of fused-ring (bicyclic) bond motifs is 1. The van der Waals surface area contributed by atoms with Gasteiger partial charge in [0.1, 0.15) is 17.1 Å². The minimum atomic E-state index is -0.193. The van der Waals surface area contributed by atoms with Gasteiger partial charge in [-0.1, -0.05) is 18.1 Å². The normalized spacial score (nSPS) is 14.1. The Hall–Kier alpha value is -4.31. The Bertz CT molecular complexity index is 1630. The van der Waals surface area contributed by atoms with Gasteiger partial charge in [0.05, 0.1) is 17.4 Å². The van der Waals surface area contributed by atoms with Crippen LogP contribution >= 0.6 is 0 Å². The Balaban J connectivity index is 1.24. The second-order valence-electron chi connectivity index (χ2n) is 10.3. The van der Waals surface area contributed by atoms with E-state index in [9.17, 15) is 4.79 Å². The Labute approximate surface area is 226 Å². The van der Waals surface area contributed by atoms with Crippen LogP contribution in [0.2, 0.25) is 0 Å². The molecule has 1 unspecified atom stereocenters. The number of amides is 1. The monoisotopic (exact) mass is 524 g/mol. The predicted octanol–water partition coefficient (Wildman–Crippen LogP) is 4.48. The van der Waals surface area contributed by atoms with E-state index < -0.39 is 0 Å². The minimum absolute atomic E-state index is 0.00879. The number of aromatic amines is 2. The molecule has 0 spiro atoms. The molecule has 1 amide bonds. The van der Waals surface area contributed by atoms with Gasteiger partial charge >= 0.3 is 0 Å². The molecule has 4 aromatic heterocycles.